The molecule has 0 bridgehead atoms. The van der Waals surface area contributed by atoms with Crippen LogP contribution >= 0.6 is 0 Å². The number of carbonyl (C=O) groups excluding carboxylic acids is 2. The molecule has 0 saturated heterocycles. The lowest BCUT2D eigenvalue weighted by atomic mass is 10.1. The summed E-state index contributed by atoms with van der Waals surface area (Å²) in [5.74, 6) is -1.19. The Labute approximate surface area is 164 Å². The first-order valence-corrected chi connectivity index (χ1v) is 8.66. The standard InChI is InChI=1S/C19H20F3N3O4/c1-12-11-15(26)17(18(28)24(2)10-6-9-16(27)29-3)23-25(12)14-8-5-4-7-13(14)19(20,21)22/h4-5,7-8,11H,6,9-10H2,1-3H3. The molecule has 0 fully saturated rings. The first-order valence-electron chi connectivity index (χ1n) is 8.66. The van der Waals surface area contributed by atoms with Gasteiger partial charge in [0.25, 0.3) is 5.91 Å². The number of aromatic nitrogens is 2. The first kappa shape index (κ1) is 22.1. The fourth-order valence-electron chi connectivity index (χ4n) is 2.68. The normalized spacial score (nSPS) is 11.2. The molecule has 0 aliphatic carbocycles. The van der Waals surface area contributed by atoms with Crippen LogP contribution in [-0.2, 0) is 15.7 Å². The van der Waals surface area contributed by atoms with Gasteiger partial charge in [-0.05, 0) is 25.5 Å². The number of carbonyl (C=O) groups is 2. The van der Waals surface area contributed by atoms with Crippen LogP contribution in [0.15, 0.2) is 35.1 Å². The van der Waals surface area contributed by atoms with Gasteiger partial charge in [-0.2, -0.15) is 18.3 Å². The number of alkyl halides is 3. The maximum atomic E-state index is 13.4. The summed E-state index contributed by atoms with van der Waals surface area (Å²) in [6, 6.07) is 5.82. The smallest absolute Gasteiger partial charge is 0.418 e. The minimum atomic E-state index is -4.64. The summed E-state index contributed by atoms with van der Waals surface area (Å²) in [6.45, 7) is 1.57. The van der Waals surface area contributed by atoms with Crippen molar-refractivity contribution in [3.05, 3.63) is 57.5 Å². The average molecular weight is 411 g/mol. The number of hydrogen-bond donors (Lipinski definition) is 0. The molecular formula is C19H20F3N3O4. The molecule has 0 N–H and O–H groups in total. The van der Waals surface area contributed by atoms with Crippen molar-refractivity contribution in [2.75, 3.05) is 20.7 Å². The van der Waals surface area contributed by atoms with Gasteiger partial charge in [-0.1, -0.05) is 12.1 Å². The van der Waals surface area contributed by atoms with E-state index < -0.39 is 34.7 Å². The maximum Gasteiger partial charge on any atom is 0.418 e. The quantitative estimate of drug-likeness (QED) is 0.683. The average Bonchev–Trinajstić information content (AvgIpc) is 2.66. The molecule has 1 heterocycles. The van der Waals surface area contributed by atoms with E-state index in [0.717, 1.165) is 16.8 Å². The summed E-state index contributed by atoms with van der Waals surface area (Å²) in [7, 11) is 2.66. The van der Waals surface area contributed by atoms with Crippen molar-refractivity contribution in [3.63, 3.8) is 0 Å². The number of ether oxygens (including phenoxy) is 1. The third kappa shape index (κ3) is 5.21. The molecule has 0 atom stereocenters. The lowest BCUT2D eigenvalue weighted by molar-refractivity contribution is -0.141. The van der Waals surface area contributed by atoms with Gasteiger partial charge in [-0.15, -0.1) is 0 Å². The molecule has 0 aliphatic rings. The third-order valence-electron chi connectivity index (χ3n) is 4.20. The molecule has 1 aromatic heterocycles. The Morgan fingerprint density at radius 2 is 1.90 bits per heavy atom. The van der Waals surface area contributed by atoms with Gasteiger partial charge in [0.1, 0.15) is 0 Å². The van der Waals surface area contributed by atoms with Crippen LogP contribution in [-0.4, -0.2) is 47.3 Å². The summed E-state index contributed by atoms with van der Waals surface area (Å²) in [5.41, 5.74) is -2.29. The number of hydrogen-bond acceptors (Lipinski definition) is 5. The predicted molar refractivity (Wildman–Crippen MR) is 97.8 cm³/mol. The molecule has 156 valence electrons. The highest BCUT2D eigenvalue weighted by Crippen LogP contribution is 2.33. The number of aryl methyl sites for hydroxylation is 1. The van der Waals surface area contributed by atoms with Crippen LogP contribution in [0, 0.1) is 6.92 Å². The lowest BCUT2D eigenvalue weighted by Crippen LogP contribution is -2.34. The summed E-state index contributed by atoms with van der Waals surface area (Å²) >= 11 is 0. The van der Waals surface area contributed by atoms with Gasteiger partial charge in [-0.25, -0.2) is 4.68 Å². The van der Waals surface area contributed by atoms with Gasteiger partial charge in [0.15, 0.2) is 5.69 Å². The van der Waals surface area contributed by atoms with Crippen LogP contribution in [0.5, 0.6) is 0 Å². The molecule has 0 spiro atoms. The molecule has 0 saturated carbocycles. The fourth-order valence-corrected chi connectivity index (χ4v) is 2.68. The Morgan fingerprint density at radius 1 is 1.24 bits per heavy atom. The van der Waals surface area contributed by atoms with Crippen molar-refractivity contribution in [1.82, 2.24) is 14.7 Å². The number of esters is 1. The van der Waals surface area contributed by atoms with Gasteiger partial charge in [0, 0.05) is 31.8 Å². The largest absolute Gasteiger partial charge is 0.469 e. The number of rotatable bonds is 6. The monoisotopic (exact) mass is 411 g/mol. The lowest BCUT2D eigenvalue weighted by Gasteiger charge is -2.19. The summed E-state index contributed by atoms with van der Waals surface area (Å²) < 4.78 is 45.5. The Morgan fingerprint density at radius 3 is 2.52 bits per heavy atom. The Hall–Kier alpha value is -3.17. The van der Waals surface area contributed by atoms with E-state index in [9.17, 15) is 27.6 Å². The molecule has 29 heavy (non-hydrogen) atoms. The number of benzene rings is 1. The number of halogens is 3. The van der Waals surface area contributed by atoms with Crippen LogP contribution < -0.4 is 5.43 Å². The fraction of sp³-hybridized carbons (Fsp3) is 0.368. The molecule has 7 nitrogen and oxygen atoms in total. The van der Waals surface area contributed by atoms with E-state index in [1.165, 1.54) is 44.2 Å². The molecular weight excluding hydrogens is 391 g/mol. The van der Waals surface area contributed by atoms with Gasteiger partial charge >= 0.3 is 12.1 Å². The van der Waals surface area contributed by atoms with E-state index in [4.69, 9.17) is 0 Å². The van der Waals surface area contributed by atoms with E-state index in [1.807, 2.05) is 0 Å². The molecule has 1 amide bonds. The van der Waals surface area contributed by atoms with Gasteiger partial charge in [0.05, 0.1) is 18.4 Å². The minimum absolute atomic E-state index is 0.0820. The molecule has 0 unspecified atom stereocenters. The van der Waals surface area contributed by atoms with Crippen molar-refractivity contribution in [2.24, 2.45) is 0 Å². The van der Waals surface area contributed by atoms with Crippen LogP contribution in [0.1, 0.15) is 34.6 Å². The van der Waals surface area contributed by atoms with E-state index >= 15 is 0 Å². The number of amides is 1. The van der Waals surface area contributed by atoms with Gasteiger partial charge in [-0.3, -0.25) is 14.4 Å². The zero-order valence-electron chi connectivity index (χ0n) is 16.1. The molecule has 2 aromatic rings. The van der Waals surface area contributed by atoms with Crippen LogP contribution in [0.2, 0.25) is 0 Å². The maximum absolute atomic E-state index is 13.4. The van der Waals surface area contributed by atoms with E-state index in [1.54, 1.807) is 0 Å². The highest BCUT2D eigenvalue weighted by atomic mass is 19.4. The highest BCUT2D eigenvalue weighted by molar-refractivity contribution is 5.91. The van der Waals surface area contributed by atoms with E-state index in [0.29, 0.717) is 6.42 Å². The van der Waals surface area contributed by atoms with Crippen molar-refractivity contribution in [3.8, 4) is 5.69 Å². The zero-order valence-corrected chi connectivity index (χ0v) is 16.1. The van der Waals surface area contributed by atoms with Crippen molar-refractivity contribution in [1.29, 1.82) is 0 Å². The SMILES string of the molecule is COC(=O)CCCN(C)C(=O)c1nn(-c2ccccc2C(F)(F)F)c(C)cc1=O. The van der Waals surface area contributed by atoms with Gasteiger partial charge < -0.3 is 9.64 Å². The molecule has 0 radical (unpaired) electrons. The summed E-state index contributed by atoms with van der Waals surface area (Å²) in [5, 5.41) is 3.92. The van der Waals surface area contributed by atoms with E-state index in [-0.39, 0.29) is 24.3 Å². The Bertz CT molecular complexity index is 970. The van der Waals surface area contributed by atoms with Crippen molar-refractivity contribution < 1.29 is 27.5 Å². The van der Waals surface area contributed by atoms with Gasteiger partial charge in [0.2, 0.25) is 5.43 Å². The molecule has 1 aromatic carbocycles. The predicted octanol–water partition coefficient (Wildman–Crippen LogP) is 2.58. The van der Waals surface area contributed by atoms with Crippen LogP contribution in [0.3, 0.4) is 0 Å². The molecule has 0 aliphatic heterocycles. The summed E-state index contributed by atoms with van der Waals surface area (Å²) in [6.07, 6.45) is -4.26. The Kier molecular flexibility index (Phi) is 6.78. The second-order valence-corrected chi connectivity index (χ2v) is 6.33. The molecule has 2 rings (SSSR count). The minimum Gasteiger partial charge on any atom is -0.469 e. The second-order valence-electron chi connectivity index (χ2n) is 6.33. The molecule has 10 heteroatoms. The second kappa shape index (κ2) is 8.89. The zero-order chi connectivity index (χ0) is 21.8. The van der Waals surface area contributed by atoms with E-state index in [2.05, 4.69) is 9.84 Å². The topological polar surface area (TPSA) is 81.5 Å². The summed E-state index contributed by atoms with van der Waals surface area (Å²) in [4.78, 5) is 37.2. The first-order chi connectivity index (χ1) is 13.6. The van der Waals surface area contributed by atoms with Crippen LogP contribution in [0.25, 0.3) is 5.69 Å². The van der Waals surface area contributed by atoms with Crippen molar-refractivity contribution >= 4 is 11.9 Å². The third-order valence-corrected chi connectivity index (χ3v) is 4.20. The van der Waals surface area contributed by atoms with Crippen molar-refractivity contribution in [2.45, 2.75) is 25.9 Å². The number of methoxy groups -OCH3 is 1. The number of para-hydroxylation sites is 1. The highest BCUT2D eigenvalue weighted by Gasteiger charge is 2.34. The Balaban J connectivity index is 2.39. The number of nitrogens with zero attached hydrogens (tertiary/aromatic N) is 3. The van der Waals surface area contributed by atoms with Crippen LogP contribution in [0.4, 0.5) is 13.2 Å².